The first-order valence-corrected chi connectivity index (χ1v) is 10.4. The third-order valence-corrected chi connectivity index (χ3v) is 6.67. The first-order chi connectivity index (χ1) is 14.4. The van der Waals surface area contributed by atoms with Crippen molar-refractivity contribution in [1.29, 1.82) is 5.26 Å². The summed E-state index contributed by atoms with van der Waals surface area (Å²) in [6.07, 6.45) is 2.22. The molecule has 0 saturated heterocycles. The van der Waals surface area contributed by atoms with Gasteiger partial charge in [0.2, 0.25) is 6.33 Å². The van der Waals surface area contributed by atoms with Crippen molar-refractivity contribution in [2.75, 3.05) is 0 Å². The van der Waals surface area contributed by atoms with Gasteiger partial charge in [-0.15, -0.1) is 0 Å². The summed E-state index contributed by atoms with van der Waals surface area (Å²) in [6.45, 7) is 12.8. The Morgan fingerprint density at radius 2 is 1.50 bits per heavy atom. The average Bonchev–Trinajstić information content (AvgIpc) is 3.11. The lowest BCUT2D eigenvalue weighted by molar-refractivity contribution is -0.663. The molecule has 3 aromatic carbocycles. The van der Waals surface area contributed by atoms with E-state index in [2.05, 4.69) is 86.5 Å². The van der Waals surface area contributed by atoms with Crippen LogP contribution in [0.1, 0.15) is 44.5 Å². The molecule has 0 spiro atoms. The summed E-state index contributed by atoms with van der Waals surface area (Å²) < 4.78 is 4.64. The molecule has 0 radical (unpaired) electrons. The summed E-state index contributed by atoms with van der Waals surface area (Å²) >= 11 is 0. The Balaban J connectivity index is 1.80. The van der Waals surface area contributed by atoms with Gasteiger partial charge in [-0.25, -0.2) is 9.13 Å². The lowest BCUT2D eigenvalue weighted by Crippen LogP contribution is -2.32. The number of imidazole rings is 1. The van der Waals surface area contributed by atoms with Crippen molar-refractivity contribution in [3.05, 3.63) is 99.4 Å². The highest BCUT2D eigenvalue weighted by atomic mass is 15.1. The second-order valence-corrected chi connectivity index (χ2v) is 8.28. The maximum atomic E-state index is 9.22. The molecule has 0 atom stereocenters. The monoisotopic (exact) mass is 394 g/mol. The van der Waals surface area contributed by atoms with Crippen LogP contribution in [0.2, 0.25) is 0 Å². The van der Waals surface area contributed by atoms with Crippen LogP contribution in [0.25, 0.3) is 11.0 Å². The SMILES string of the molecule is Cc1c(C)c(C)c(Cn2c[n+](Cc3cccc(C#N)c3)c3ccccc32)c(C)c1C. The number of rotatable bonds is 4. The molecule has 150 valence electrons. The van der Waals surface area contributed by atoms with Crippen LogP contribution in [0.5, 0.6) is 0 Å². The standard InChI is InChI=1S/C27H28N3/c1-18-19(2)21(4)25(22(5)20(18)3)16-30-17-29(26-11-6-7-12-27(26)30)15-24-10-8-9-23(13-24)14-28/h6-13,17H,15-16H2,1-5H3/q+1. The van der Waals surface area contributed by atoms with Gasteiger partial charge in [0.05, 0.1) is 11.6 Å². The van der Waals surface area contributed by atoms with Crippen LogP contribution in [0.4, 0.5) is 0 Å². The van der Waals surface area contributed by atoms with Gasteiger partial charge in [0.15, 0.2) is 11.0 Å². The number of hydrogen-bond acceptors (Lipinski definition) is 1. The first kappa shape index (κ1) is 19.9. The quantitative estimate of drug-likeness (QED) is 0.424. The number of fused-ring (bicyclic) bond motifs is 1. The van der Waals surface area contributed by atoms with E-state index >= 15 is 0 Å². The first-order valence-electron chi connectivity index (χ1n) is 10.4. The summed E-state index contributed by atoms with van der Waals surface area (Å²) in [5, 5.41) is 9.22. The highest BCUT2D eigenvalue weighted by molar-refractivity contribution is 5.72. The second-order valence-electron chi connectivity index (χ2n) is 8.28. The number of para-hydroxylation sites is 2. The fraction of sp³-hybridized carbons (Fsp3) is 0.259. The number of aromatic nitrogens is 2. The number of benzene rings is 3. The molecule has 0 fully saturated rings. The van der Waals surface area contributed by atoms with Gasteiger partial charge in [0.25, 0.3) is 0 Å². The maximum Gasteiger partial charge on any atom is 0.245 e. The minimum atomic E-state index is 0.702. The van der Waals surface area contributed by atoms with E-state index in [1.165, 1.54) is 44.4 Å². The van der Waals surface area contributed by atoms with Gasteiger partial charge in [-0.1, -0.05) is 24.3 Å². The van der Waals surface area contributed by atoms with Crippen molar-refractivity contribution >= 4 is 11.0 Å². The van der Waals surface area contributed by atoms with Crippen molar-refractivity contribution in [3.63, 3.8) is 0 Å². The zero-order valence-electron chi connectivity index (χ0n) is 18.5. The van der Waals surface area contributed by atoms with Crippen LogP contribution < -0.4 is 4.57 Å². The van der Waals surface area contributed by atoms with Crippen LogP contribution in [-0.4, -0.2) is 4.57 Å². The normalized spacial score (nSPS) is 11.1. The van der Waals surface area contributed by atoms with E-state index in [0.717, 1.165) is 18.7 Å². The molecule has 0 amide bonds. The van der Waals surface area contributed by atoms with Gasteiger partial charge >= 0.3 is 0 Å². The van der Waals surface area contributed by atoms with Gasteiger partial charge < -0.3 is 0 Å². The minimum Gasteiger partial charge on any atom is -0.226 e. The van der Waals surface area contributed by atoms with E-state index in [-0.39, 0.29) is 0 Å². The molecule has 0 saturated carbocycles. The Morgan fingerprint density at radius 3 is 2.20 bits per heavy atom. The summed E-state index contributed by atoms with van der Waals surface area (Å²) in [7, 11) is 0. The van der Waals surface area contributed by atoms with Crippen molar-refractivity contribution < 1.29 is 4.57 Å². The van der Waals surface area contributed by atoms with Crippen molar-refractivity contribution in [2.24, 2.45) is 0 Å². The third kappa shape index (κ3) is 3.39. The molecule has 4 aromatic rings. The zero-order valence-corrected chi connectivity index (χ0v) is 18.5. The third-order valence-electron chi connectivity index (χ3n) is 6.67. The van der Waals surface area contributed by atoms with E-state index in [1.807, 2.05) is 18.2 Å². The van der Waals surface area contributed by atoms with Crippen LogP contribution in [-0.2, 0) is 13.1 Å². The predicted molar refractivity (Wildman–Crippen MR) is 122 cm³/mol. The minimum absolute atomic E-state index is 0.702. The van der Waals surface area contributed by atoms with E-state index < -0.39 is 0 Å². The molecule has 0 aliphatic carbocycles. The molecule has 3 heteroatoms. The van der Waals surface area contributed by atoms with Crippen LogP contribution in [0.3, 0.4) is 0 Å². The van der Waals surface area contributed by atoms with Gasteiger partial charge in [0.1, 0.15) is 13.1 Å². The van der Waals surface area contributed by atoms with Gasteiger partial charge in [-0.3, -0.25) is 0 Å². The van der Waals surface area contributed by atoms with E-state index in [0.29, 0.717) is 5.56 Å². The molecule has 0 aliphatic rings. The van der Waals surface area contributed by atoms with Crippen LogP contribution >= 0.6 is 0 Å². The fourth-order valence-electron chi connectivity index (χ4n) is 4.42. The zero-order chi connectivity index (χ0) is 21.4. The molecule has 4 rings (SSSR count). The molecule has 0 aliphatic heterocycles. The van der Waals surface area contributed by atoms with Crippen LogP contribution in [0, 0.1) is 45.9 Å². The number of nitrogens with zero attached hydrogens (tertiary/aromatic N) is 3. The van der Waals surface area contributed by atoms with Gasteiger partial charge in [-0.2, -0.15) is 5.26 Å². The molecule has 0 N–H and O–H groups in total. The van der Waals surface area contributed by atoms with Gasteiger partial charge in [0, 0.05) is 0 Å². The van der Waals surface area contributed by atoms with Crippen molar-refractivity contribution in [3.8, 4) is 6.07 Å². The highest BCUT2D eigenvalue weighted by Gasteiger charge is 2.19. The summed E-state index contributed by atoms with van der Waals surface area (Å²) in [4.78, 5) is 0. The highest BCUT2D eigenvalue weighted by Crippen LogP contribution is 2.27. The van der Waals surface area contributed by atoms with Crippen LogP contribution in [0.15, 0.2) is 54.9 Å². The van der Waals surface area contributed by atoms with Gasteiger partial charge in [-0.05, 0) is 97.8 Å². The number of nitriles is 1. The number of hydrogen-bond donors (Lipinski definition) is 0. The molecule has 0 bridgehead atoms. The average molecular weight is 395 g/mol. The molecule has 1 aromatic heterocycles. The summed E-state index contributed by atoms with van der Waals surface area (Å²) in [5.41, 5.74) is 12.7. The van der Waals surface area contributed by atoms with E-state index in [9.17, 15) is 5.26 Å². The molecular weight excluding hydrogens is 366 g/mol. The van der Waals surface area contributed by atoms with Crippen molar-refractivity contribution in [1.82, 2.24) is 4.57 Å². The molecular formula is C27H28N3+. The molecule has 3 nitrogen and oxygen atoms in total. The molecule has 0 unspecified atom stereocenters. The Morgan fingerprint density at radius 1 is 0.833 bits per heavy atom. The van der Waals surface area contributed by atoms with Crippen molar-refractivity contribution in [2.45, 2.75) is 47.7 Å². The maximum absolute atomic E-state index is 9.22. The van der Waals surface area contributed by atoms with E-state index in [1.54, 1.807) is 0 Å². The lowest BCUT2D eigenvalue weighted by atomic mass is 9.89. The predicted octanol–water partition coefficient (Wildman–Crippen LogP) is 5.44. The second kappa shape index (κ2) is 7.80. The molecule has 30 heavy (non-hydrogen) atoms. The fourth-order valence-corrected chi connectivity index (χ4v) is 4.42. The Labute approximate surface area is 178 Å². The van der Waals surface area contributed by atoms with E-state index in [4.69, 9.17) is 0 Å². The Bertz CT molecular complexity index is 1270. The lowest BCUT2D eigenvalue weighted by Gasteiger charge is -2.17. The smallest absolute Gasteiger partial charge is 0.226 e. The summed E-state index contributed by atoms with van der Waals surface area (Å²) in [5.74, 6) is 0. The molecule has 1 heterocycles. The topological polar surface area (TPSA) is 32.6 Å². The Hall–Kier alpha value is -3.38. The Kier molecular flexibility index (Phi) is 5.18. The summed E-state index contributed by atoms with van der Waals surface area (Å²) in [6, 6.07) is 18.7. The largest absolute Gasteiger partial charge is 0.245 e.